The van der Waals surface area contributed by atoms with Crippen LogP contribution in [0.5, 0.6) is 11.5 Å². The van der Waals surface area contributed by atoms with Gasteiger partial charge in [-0.1, -0.05) is 54.6 Å². The molecule has 0 aliphatic carbocycles. The number of phenolic OH excluding ortho intramolecular Hbond substituents is 1. The second kappa shape index (κ2) is 5.55. The van der Waals surface area contributed by atoms with Gasteiger partial charge in [-0.3, -0.25) is 0 Å². The van der Waals surface area contributed by atoms with E-state index in [1.807, 2.05) is 54.6 Å². The number of aromatic hydroxyl groups is 2. The summed E-state index contributed by atoms with van der Waals surface area (Å²) in [5.74, 6) is 0.104. The number of fused-ring (bicyclic) bond motifs is 2. The van der Waals surface area contributed by atoms with E-state index in [0.29, 0.717) is 16.7 Å². The first-order chi connectivity index (χ1) is 11.7. The van der Waals surface area contributed by atoms with Crippen LogP contribution >= 0.6 is 0 Å². The van der Waals surface area contributed by atoms with Crippen molar-refractivity contribution in [2.45, 2.75) is 6.61 Å². The Bertz CT molecular complexity index is 1070. The zero-order chi connectivity index (χ0) is 16.7. The van der Waals surface area contributed by atoms with Gasteiger partial charge in [0.1, 0.15) is 11.5 Å². The predicted octanol–water partition coefficient (Wildman–Crippen LogP) is 4.56. The van der Waals surface area contributed by atoms with Gasteiger partial charge >= 0.3 is 0 Å². The van der Waals surface area contributed by atoms with Gasteiger partial charge in [0.25, 0.3) is 0 Å². The molecule has 0 atom stereocenters. The average molecular weight is 316 g/mol. The second-order valence-corrected chi connectivity index (χ2v) is 5.82. The molecule has 0 radical (unpaired) electrons. The molecule has 3 N–H and O–H groups in total. The molecule has 0 fully saturated rings. The lowest BCUT2D eigenvalue weighted by Crippen LogP contribution is -1.92. The largest absolute Gasteiger partial charge is 0.507 e. The molecule has 0 saturated heterocycles. The quantitative estimate of drug-likeness (QED) is 0.508. The van der Waals surface area contributed by atoms with Crippen molar-refractivity contribution in [3.05, 3.63) is 72.3 Å². The summed E-state index contributed by atoms with van der Waals surface area (Å²) in [7, 11) is 0. The van der Waals surface area contributed by atoms with E-state index in [-0.39, 0.29) is 18.1 Å². The lowest BCUT2D eigenvalue weighted by molar-refractivity contribution is 0.276. The Balaban J connectivity index is 2.22. The van der Waals surface area contributed by atoms with E-state index < -0.39 is 0 Å². The second-order valence-electron chi connectivity index (χ2n) is 5.82. The fraction of sp³-hybridized carbons (Fsp3) is 0.0476. The van der Waals surface area contributed by atoms with Gasteiger partial charge in [0.05, 0.1) is 6.61 Å². The number of aliphatic hydroxyl groups excluding tert-OH is 1. The van der Waals surface area contributed by atoms with Crippen LogP contribution in [0.2, 0.25) is 0 Å². The summed E-state index contributed by atoms with van der Waals surface area (Å²) < 4.78 is 0. The van der Waals surface area contributed by atoms with Gasteiger partial charge < -0.3 is 15.3 Å². The fourth-order valence-corrected chi connectivity index (χ4v) is 3.29. The molecule has 0 aromatic heterocycles. The third-order valence-corrected chi connectivity index (χ3v) is 4.43. The Labute approximate surface area is 139 Å². The van der Waals surface area contributed by atoms with Crippen LogP contribution in [0.3, 0.4) is 0 Å². The Morgan fingerprint density at radius 2 is 1.29 bits per heavy atom. The molecule has 118 valence electrons. The van der Waals surface area contributed by atoms with Crippen LogP contribution in [0.1, 0.15) is 5.56 Å². The Kier molecular flexibility index (Phi) is 3.36. The zero-order valence-corrected chi connectivity index (χ0v) is 12.9. The van der Waals surface area contributed by atoms with Crippen molar-refractivity contribution in [2.24, 2.45) is 0 Å². The first kappa shape index (κ1) is 14.5. The number of aliphatic hydroxyl groups is 1. The highest BCUT2D eigenvalue weighted by Crippen LogP contribution is 2.45. The summed E-state index contributed by atoms with van der Waals surface area (Å²) in [6, 6.07) is 20.6. The summed E-state index contributed by atoms with van der Waals surface area (Å²) in [5, 5.41) is 34.5. The van der Waals surface area contributed by atoms with E-state index in [1.54, 1.807) is 12.1 Å². The summed E-state index contributed by atoms with van der Waals surface area (Å²) in [6.45, 7) is -0.269. The molecule has 4 aromatic rings. The predicted molar refractivity (Wildman–Crippen MR) is 96.1 cm³/mol. The highest BCUT2D eigenvalue weighted by molar-refractivity contribution is 6.10. The van der Waals surface area contributed by atoms with E-state index in [0.717, 1.165) is 21.5 Å². The highest BCUT2D eigenvalue weighted by Gasteiger charge is 2.19. The summed E-state index contributed by atoms with van der Waals surface area (Å²) in [5.41, 5.74) is 1.57. The van der Waals surface area contributed by atoms with Gasteiger partial charge in [-0.15, -0.1) is 0 Å². The minimum atomic E-state index is -0.269. The molecule has 0 bridgehead atoms. The normalized spacial score (nSPS) is 11.2. The topological polar surface area (TPSA) is 60.7 Å². The molecule has 0 spiro atoms. The van der Waals surface area contributed by atoms with Crippen LogP contribution in [-0.4, -0.2) is 15.3 Å². The maximum Gasteiger partial charge on any atom is 0.129 e. The van der Waals surface area contributed by atoms with E-state index in [2.05, 4.69) is 0 Å². The van der Waals surface area contributed by atoms with Gasteiger partial charge in [-0.2, -0.15) is 0 Å². The molecule has 4 rings (SSSR count). The summed E-state index contributed by atoms with van der Waals surface area (Å²) in [6.07, 6.45) is 0. The van der Waals surface area contributed by atoms with Crippen LogP contribution in [0.4, 0.5) is 0 Å². The molecule has 0 unspecified atom stereocenters. The van der Waals surface area contributed by atoms with Crippen LogP contribution < -0.4 is 0 Å². The van der Waals surface area contributed by atoms with E-state index in [4.69, 9.17) is 0 Å². The fourth-order valence-electron chi connectivity index (χ4n) is 3.29. The summed E-state index contributed by atoms with van der Waals surface area (Å²) >= 11 is 0. The Morgan fingerprint density at radius 1 is 0.667 bits per heavy atom. The molecule has 3 heteroatoms. The van der Waals surface area contributed by atoms with Crippen molar-refractivity contribution >= 4 is 21.5 Å². The minimum Gasteiger partial charge on any atom is -0.507 e. The van der Waals surface area contributed by atoms with E-state index in [1.165, 1.54) is 0 Å². The van der Waals surface area contributed by atoms with Crippen molar-refractivity contribution in [1.29, 1.82) is 0 Å². The van der Waals surface area contributed by atoms with Gasteiger partial charge in [-0.25, -0.2) is 0 Å². The molecule has 4 aromatic carbocycles. The van der Waals surface area contributed by atoms with E-state index in [9.17, 15) is 15.3 Å². The van der Waals surface area contributed by atoms with Gasteiger partial charge in [0.2, 0.25) is 0 Å². The Morgan fingerprint density at radius 3 is 2.00 bits per heavy atom. The van der Waals surface area contributed by atoms with Crippen molar-refractivity contribution < 1.29 is 15.3 Å². The van der Waals surface area contributed by atoms with Crippen LogP contribution in [-0.2, 0) is 6.61 Å². The zero-order valence-electron chi connectivity index (χ0n) is 12.9. The maximum absolute atomic E-state index is 10.8. The standard InChI is InChI=1S/C21H16O3/c22-12-15-11-14-6-2-4-8-17(14)20(21(15)24)19-16-7-3-1-5-13(16)9-10-18(19)23/h1-11,22-24H,12H2. The van der Waals surface area contributed by atoms with Gasteiger partial charge in [0, 0.05) is 16.7 Å². The lowest BCUT2D eigenvalue weighted by atomic mass is 9.90. The molecular weight excluding hydrogens is 300 g/mol. The molecule has 0 saturated carbocycles. The minimum absolute atomic E-state index is 0.00264. The molecule has 0 aliphatic rings. The number of phenols is 2. The van der Waals surface area contributed by atoms with Gasteiger partial charge in [0.15, 0.2) is 0 Å². The summed E-state index contributed by atoms with van der Waals surface area (Å²) in [4.78, 5) is 0. The van der Waals surface area contributed by atoms with E-state index >= 15 is 0 Å². The number of benzene rings is 4. The third kappa shape index (κ3) is 2.10. The molecule has 0 heterocycles. The monoisotopic (exact) mass is 316 g/mol. The number of hydrogen-bond acceptors (Lipinski definition) is 3. The van der Waals surface area contributed by atoms with Crippen molar-refractivity contribution in [3.8, 4) is 22.6 Å². The first-order valence-electron chi connectivity index (χ1n) is 7.76. The van der Waals surface area contributed by atoms with Crippen molar-refractivity contribution in [3.63, 3.8) is 0 Å². The SMILES string of the molecule is OCc1cc2ccccc2c(-c2c(O)ccc3ccccc23)c1O. The van der Waals surface area contributed by atoms with Crippen LogP contribution in [0.25, 0.3) is 32.7 Å². The highest BCUT2D eigenvalue weighted by atomic mass is 16.3. The number of hydrogen-bond donors (Lipinski definition) is 3. The third-order valence-electron chi connectivity index (χ3n) is 4.43. The Hall–Kier alpha value is -3.04. The average Bonchev–Trinajstić information content (AvgIpc) is 2.62. The number of rotatable bonds is 2. The van der Waals surface area contributed by atoms with Crippen LogP contribution in [0, 0.1) is 0 Å². The molecule has 0 amide bonds. The molecular formula is C21H16O3. The molecule has 3 nitrogen and oxygen atoms in total. The molecule has 24 heavy (non-hydrogen) atoms. The first-order valence-corrected chi connectivity index (χ1v) is 7.76. The smallest absolute Gasteiger partial charge is 0.129 e. The maximum atomic E-state index is 10.8. The van der Waals surface area contributed by atoms with Crippen LogP contribution in [0.15, 0.2) is 66.7 Å². The van der Waals surface area contributed by atoms with Crippen molar-refractivity contribution in [1.82, 2.24) is 0 Å². The lowest BCUT2D eigenvalue weighted by Gasteiger charge is -2.16. The van der Waals surface area contributed by atoms with Crippen molar-refractivity contribution in [2.75, 3.05) is 0 Å². The molecule has 0 aliphatic heterocycles. The van der Waals surface area contributed by atoms with Gasteiger partial charge in [-0.05, 0) is 33.7 Å².